The zero-order chi connectivity index (χ0) is 19.2. The molecule has 140 valence electrons. The standard InChI is InChI=1S/C21H22N2O3S/c1-4-19-14(2)10-20(27-19)21(24)23-16-7-8-17(25-3)18(11-16)26-13-15-6-5-9-22-12-15/h5-12H,4,13H2,1-3H3,(H,23,24). The van der Waals surface area contributed by atoms with Crippen LogP contribution in [0.4, 0.5) is 5.69 Å². The quantitative estimate of drug-likeness (QED) is 0.634. The molecule has 27 heavy (non-hydrogen) atoms. The van der Waals surface area contributed by atoms with Gasteiger partial charge in [-0.05, 0) is 43.2 Å². The minimum Gasteiger partial charge on any atom is -0.493 e. The summed E-state index contributed by atoms with van der Waals surface area (Å²) in [6.45, 7) is 4.49. The first-order valence-electron chi connectivity index (χ1n) is 8.71. The number of carbonyl (C=O) groups is 1. The van der Waals surface area contributed by atoms with Crippen molar-refractivity contribution in [3.05, 3.63) is 69.7 Å². The largest absolute Gasteiger partial charge is 0.493 e. The average molecular weight is 382 g/mol. The highest BCUT2D eigenvalue weighted by Crippen LogP contribution is 2.31. The lowest BCUT2D eigenvalue weighted by Crippen LogP contribution is -2.10. The molecule has 2 heterocycles. The van der Waals surface area contributed by atoms with E-state index in [1.165, 1.54) is 16.2 Å². The lowest BCUT2D eigenvalue weighted by Gasteiger charge is -2.13. The molecule has 2 aromatic heterocycles. The van der Waals surface area contributed by atoms with E-state index < -0.39 is 0 Å². The van der Waals surface area contributed by atoms with Crippen molar-refractivity contribution in [1.29, 1.82) is 0 Å². The van der Waals surface area contributed by atoms with Gasteiger partial charge in [-0.2, -0.15) is 0 Å². The first kappa shape index (κ1) is 18.9. The summed E-state index contributed by atoms with van der Waals surface area (Å²) in [4.78, 5) is 18.6. The van der Waals surface area contributed by atoms with Crippen molar-refractivity contribution in [3.8, 4) is 11.5 Å². The Morgan fingerprint density at radius 2 is 2.07 bits per heavy atom. The number of carbonyl (C=O) groups excluding carboxylic acids is 1. The molecule has 6 heteroatoms. The van der Waals surface area contributed by atoms with Crippen molar-refractivity contribution < 1.29 is 14.3 Å². The third-order valence-electron chi connectivity index (χ3n) is 4.10. The van der Waals surface area contributed by atoms with Crippen molar-refractivity contribution in [3.63, 3.8) is 0 Å². The Bertz CT molecular complexity index is 922. The first-order valence-corrected chi connectivity index (χ1v) is 9.52. The zero-order valence-electron chi connectivity index (χ0n) is 15.6. The maximum atomic E-state index is 12.6. The van der Waals surface area contributed by atoms with Gasteiger partial charge in [-0.3, -0.25) is 9.78 Å². The van der Waals surface area contributed by atoms with Gasteiger partial charge >= 0.3 is 0 Å². The molecule has 1 aromatic carbocycles. The van der Waals surface area contributed by atoms with E-state index in [4.69, 9.17) is 9.47 Å². The summed E-state index contributed by atoms with van der Waals surface area (Å²) < 4.78 is 11.2. The molecule has 3 aromatic rings. The second-order valence-corrected chi connectivity index (χ2v) is 7.18. The third kappa shape index (κ3) is 4.65. The number of pyridine rings is 1. The molecule has 0 aliphatic rings. The van der Waals surface area contributed by atoms with E-state index >= 15 is 0 Å². The Kier molecular flexibility index (Phi) is 6.08. The fourth-order valence-corrected chi connectivity index (χ4v) is 3.70. The zero-order valence-corrected chi connectivity index (χ0v) is 16.4. The number of benzene rings is 1. The summed E-state index contributed by atoms with van der Waals surface area (Å²) in [5, 5.41) is 2.94. The van der Waals surface area contributed by atoms with Crippen molar-refractivity contribution in [2.24, 2.45) is 0 Å². The minimum atomic E-state index is -0.119. The van der Waals surface area contributed by atoms with Crippen molar-refractivity contribution >= 4 is 22.9 Å². The number of hydrogen-bond donors (Lipinski definition) is 1. The van der Waals surface area contributed by atoms with E-state index in [1.54, 1.807) is 37.7 Å². The Morgan fingerprint density at radius 3 is 2.74 bits per heavy atom. The maximum absolute atomic E-state index is 12.6. The van der Waals surface area contributed by atoms with Gasteiger partial charge in [0, 0.05) is 34.6 Å². The summed E-state index contributed by atoms with van der Waals surface area (Å²) in [6, 6.07) is 11.1. The second-order valence-electron chi connectivity index (χ2n) is 6.04. The van der Waals surface area contributed by atoms with E-state index in [9.17, 15) is 4.79 Å². The van der Waals surface area contributed by atoms with Crippen molar-refractivity contribution in [2.45, 2.75) is 26.9 Å². The highest BCUT2D eigenvalue weighted by Gasteiger charge is 2.13. The van der Waals surface area contributed by atoms with Crippen molar-refractivity contribution in [2.75, 3.05) is 12.4 Å². The molecule has 1 N–H and O–H groups in total. The molecule has 3 rings (SSSR count). The van der Waals surface area contributed by atoms with Crippen LogP contribution in [-0.4, -0.2) is 18.0 Å². The topological polar surface area (TPSA) is 60.5 Å². The number of amides is 1. The molecule has 0 unspecified atom stereocenters. The van der Waals surface area contributed by atoms with Gasteiger partial charge in [0.15, 0.2) is 11.5 Å². The van der Waals surface area contributed by atoms with Crippen molar-refractivity contribution in [1.82, 2.24) is 4.98 Å². The SMILES string of the molecule is CCc1sc(C(=O)Nc2ccc(OC)c(OCc3cccnc3)c2)cc1C. The van der Waals surface area contributed by atoms with Crippen LogP contribution in [0.2, 0.25) is 0 Å². The molecule has 0 aliphatic heterocycles. The van der Waals surface area contributed by atoms with Crippen LogP contribution in [0.25, 0.3) is 0 Å². The van der Waals surface area contributed by atoms with E-state index in [2.05, 4.69) is 17.2 Å². The van der Waals surface area contributed by atoms with E-state index in [0.717, 1.165) is 17.5 Å². The predicted molar refractivity (Wildman–Crippen MR) is 108 cm³/mol. The summed E-state index contributed by atoms with van der Waals surface area (Å²) in [5.41, 5.74) is 2.77. The molecular weight excluding hydrogens is 360 g/mol. The Hall–Kier alpha value is -2.86. The van der Waals surface area contributed by atoms with Crippen LogP contribution in [0, 0.1) is 6.92 Å². The highest BCUT2D eigenvalue weighted by atomic mass is 32.1. The van der Waals surface area contributed by atoms with Crippen LogP contribution in [-0.2, 0) is 13.0 Å². The summed E-state index contributed by atoms with van der Waals surface area (Å²) >= 11 is 1.53. The summed E-state index contributed by atoms with van der Waals surface area (Å²) in [7, 11) is 1.59. The predicted octanol–water partition coefficient (Wildman–Crippen LogP) is 4.85. The minimum absolute atomic E-state index is 0.119. The molecule has 0 radical (unpaired) electrons. The number of thiophene rings is 1. The molecule has 1 amide bonds. The van der Waals surface area contributed by atoms with E-state index in [0.29, 0.717) is 28.7 Å². The monoisotopic (exact) mass is 382 g/mol. The van der Waals surface area contributed by atoms with Gasteiger partial charge in [-0.25, -0.2) is 0 Å². The molecule has 5 nitrogen and oxygen atoms in total. The first-order chi connectivity index (χ1) is 13.1. The van der Waals surface area contributed by atoms with Gasteiger partial charge in [0.1, 0.15) is 6.61 Å². The summed E-state index contributed by atoms with van der Waals surface area (Å²) in [5.74, 6) is 1.05. The van der Waals surface area contributed by atoms with Crippen LogP contribution in [0.1, 0.15) is 32.6 Å². The van der Waals surface area contributed by atoms with Gasteiger partial charge in [0.2, 0.25) is 0 Å². The third-order valence-corrected chi connectivity index (χ3v) is 5.48. The van der Waals surface area contributed by atoms with Crippen LogP contribution in [0.5, 0.6) is 11.5 Å². The Morgan fingerprint density at radius 1 is 1.22 bits per heavy atom. The highest BCUT2D eigenvalue weighted by molar-refractivity contribution is 7.14. The lowest BCUT2D eigenvalue weighted by molar-refractivity contribution is 0.103. The molecule has 0 spiro atoms. The van der Waals surface area contributed by atoms with Gasteiger partial charge in [0.05, 0.1) is 12.0 Å². The fraction of sp³-hybridized carbons (Fsp3) is 0.238. The van der Waals surface area contributed by atoms with Crippen LogP contribution < -0.4 is 14.8 Å². The van der Waals surface area contributed by atoms with Gasteiger partial charge < -0.3 is 14.8 Å². The number of anilines is 1. The number of nitrogens with one attached hydrogen (secondary N) is 1. The Labute approximate surface area is 163 Å². The van der Waals surface area contributed by atoms with E-state index in [-0.39, 0.29) is 5.91 Å². The lowest BCUT2D eigenvalue weighted by atomic mass is 10.2. The maximum Gasteiger partial charge on any atom is 0.265 e. The molecule has 0 aliphatic carbocycles. The number of methoxy groups -OCH3 is 1. The molecular formula is C21H22N2O3S. The number of hydrogen-bond acceptors (Lipinski definition) is 5. The Balaban J connectivity index is 1.74. The second kappa shape index (κ2) is 8.68. The normalized spacial score (nSPS) is 10.5. The van der Waals surface area contributed by atoms with Gasteiger partial charge in [-0.15, -0.1) is 11.3 Å². The fourth-order valence-electron chi connectivity index (χ4n) is 2.69. The average Bonchev–Trinajstić information content (AvgIpc) is 3.08. The number of nitrogens with zero attached hydrogens (tertiary/aromatic N) is 1. The summed E-state index contributed by atoms with van der Waals surface area (Å²) in [6.07, 6.45) is 4.40. The van der Waals surface area contributed by atoms with Gasteiger partial charge in [-0.1, -0.05) is 13.0 Å². The smallest absolute Gasteiger partial charge is 0.265 e. The van der Waals surface area contributed by atoms with E-state index in [1.807, 2.05) is 25.1 Å². The molecule has 0 atom stereocenters. The van der Waals surface area contributed by atoms with Crippen LogP contribution in [0.15, 0.2) is 48.8 Å². The number of ether oxygens (including phenoxy) is 2. The molecule has 0 saturated heterocycles. The molecule has 0 bridgehead atoms. The number of aryl methyl sites for hydroxylation is 2. The number of aromatic nitrogens is 1. The molecule has 0 saturated carbocycles. The van der Waals surface area contributed by atoms with Crippen LogP contribution in [0.3, 0.4) is 0 Å². The number of rotatable bonds is 7. The van der Waals surface area contributed by atoms with Crippen LogP contribution >= 0.6 is 11.3 Å². The molecule has 0 fully saturated rings. The van der Waals surface area contributed by atoms with Gasteiger partial charge in [0.25, 0.3) is 5.91 Å².